The van der Waals surface area contributed by atoms with Gasteiger partial charge in [-0.2, -0.15) is 0 Å². The number of hydrogen-bond donors (Lipinski definition) is 4. The molecule has 0 atom stereocenters. The van der Waals surface area contributed by atoms with Crippen LogP contribution in [0.25, 0.3) is 21.8 Å². The van der Waals surface area contributed by atoms with E-state index in [1.165, 1.54) is 5.39 Å². The van der Waals surface area contributed by atoms with Gasteiger partial charge >= 0.3 is 0 Å². The van der Waals surface area contributed by atoms with Gasteiger partial charge in [0.1, 0.15) is 5.69 Å². The van der Waals surface area contributed by atoms with Crippen molar-refractivity contribution in [2.75, 3.05) is 13.1 Å². The van der Waals surface area contributed by atoms with Crippen molar-refractivity contribution in [1.82, 2.24) is 20.6 Å². The molecule has 0 fully saturated rings. The van der Waals surface area contributed by atoms with Crippen molar-refractivity contribution in [3.63, 3.8) is 0 Å². The van der Waals surface area contributed by atoms with Gasteiger partial charge in [0.2, 0.25) is 5.91 Å². The van der Waals surface area contributed by atoms with Crippen LogP contribution in [0, 0.1) is 0 Å². The van der Waals surface area contributed by atoms with E-state index in [0.29, 0.717) is 12.2 Å². The highest BCUT2D eigenvalue weighted by molar-refractivity contribution is 5.99. The third-order valence-electron chi connectivity index (χ3n) is 4.58. The van der Waals surface area contributed by atoms with Gasteiger partial charge in [0.15, 0.2) is 0 Å². The summed E-state index contributed by atoms with van der Waals surface area (Å²) in [6.07, 6.45) is 2.69. The first kappa shape index (κ1) is 16.9. The Hall–Kier alpha value is -3.54. The van der Waals surface area contributed by atoms with E-state index in [1.54, 1.807) is 6.07 Å². The number of hydrogen-bond acceptors (Lipinski definition) is 2. The van der Waals surface area contributed by atoms with E-state index in [9.17, 15) is 9.59 Å². The Morgan fingerprint density at radius 1 is 0.926 bits per heavy atom. The molecule has 0 aliphatic carbocycles. The highest BCUT2D eigenvalue weighted by Crippen LogP contribution is 2.17. The molecule has 0 saturated carbocycles. The first-order valence-corrected chi connectivity index (χ1v) is 8.88. The monoisotopic (exact) mass is 360 g/mol. The van der Waals surface area contributed by atoms with Gasteiger partial charge < -0.3 is 20.6 Å². The van der Waals surface area contributed by atoms with E-state index in [-0.39, 0.29) is 18.4 Å². The van der Waals surface area contributed by atoms with Crippen LogP contribution in [0.15, 0.2) is 60.8 Å². The Labute approximate surface area is 156 Å². The molecule has 0 bridgehead atoms. The van der Waals surface area contributed by atoms with E-state index >= 15 is 0 Å². The van der Waals surface area contributed by atoms with Crippen molar-refractivity contribution in [3.8, 4) is 0 Å². The predicted molar refractivity (Wildman–Crippen MR) is 106 cm³/mol. The fourth-order valence-corrected chi connectivity index (χ4v) is 3.19. The van der Waals surface area contributed by atoms with Crippen LogP contribution in [0.3, 0.4) is 0 Å². The number of benzene rings is 2. The van der Waals surface area contributed by atoms with Gasteiger partial charge in [-0.3, -0.25) is 9.59 Å². The minimum Gasteiger partial charge on any atom is -0.361 e. The van der Waals surface area contributed by atoms with E-state index in [4.69, 9.17) is 0 Å². The van der Waals surface area contributed by atoms with Crippen LogP contribution in [-0.2, 0) is 11.2 Å². The average Bonchev–Trinajstić information content (AvgIpc) is 3.30. The zero-order valence-electron chi connectivity index (χ0n) is 14.7. The molecule has 0 radical (unpaired) electrons. The van der Waals surface area contributed by atoms with Crippen LogP contribution in [-0.4, -0.2) is 34.9 Å². The number of nitrogens with one attached hydrogen (secondary N) is 4. The number of carbonyl (C=O) groups is 2. The van der Waals surface area contributed by atoms with Crippen LogP contribution in [0.2, 0.25) is 0 Å². The molecule has 2 aromatic carbocycles. The van der Waals surface area contributed by atoms with Gasteiger partial charge in [0, 0.05) is 34.5 Å². The third kappa shape index (κ3) is 3.69. The molecule has 2 heterocycles. The number of carbonyl (C=O) groups excluding carboxylic acids is 2. The molecule has 0 aliphatic heterocycles. The lowest BCUT2D eigenvalue weighted by Crippen LogP contribution is -2.37. The molecule has 4 aromatic rings. The standard InChI is InChI=1S/C21H20N4O2/c26-20(22-10-9-15-12-23-18-8-4-2-6-16(15)18)13-24-21(27)19-11-14-5-1-3-7-17(14)25-19/h1-8,11-12,23,25H,9-10,13H2,(H,22,26)(H,24,27). The summed E-state index contributed by atoms with van der Waals surface area (Å²) < 4.78 is 0. The quantitative estimate of drug-likeness (QED) is 0.426. The van der Waals surface area contributed by atoms with Crippen LogP contribution in [0.1, 0.15) is 16.1 Å². The molecule has 27 heavy (non-hydrogen) atoms. The summed E-state index contributed by atoms with van der Waals surface area (Å²) in [5.41, 5.74) is 3.59. The minimum absolute atomic E-state index is 0.0535. The third-order valence-corrected chi connectivity index (χ3v) is 4.58. The van der Waals surface area contributed by atoms with E-state index in [0.717, 1.165) is 28.4 Å². The summed E-state index contributed by atoms with van der Waals surface area (Å²) in [6, 6.07) is 17.5. The zero-order valence-corrected chi connectivity index (χ0v) is 14.7. The maximum atomic E-state index is 12.2. The van der Waals surface area contributed by atoms with Crippen molar-refractivity contribution in [3.05, 3.63) is 72.1 Å². The highest BCUT2D eigenvalue weighted by Gasteiger charge is 2.11. The van der Waals surface area contributed by atoms with Crippen molar-refractivity contribution in [1.29, 1.82) is 0 Å². The number of rotatable bonds is 6. The van der Waals surface area contributed by atoms with Crippen molar-refractivity contribution in [2.45, 2.75) is 6.42 Å². The second-order valence-corrected chi connectivity index (χ2v) is 6.41. The molecule has 0 spiro atoms. The van der Waals surface area contributed by atoms with Crippen molar-refractivity contribution < 1.29 is 9.59 Å². The fourth-order valence-electron chi connectivity index (χ4n) is 3.19. The summed E-state index contributed by atoms with van der Waals surface area (Å²) in [4.78, 5) is 30.5. The predicted octanol–water partition coefficient (Wildman–Crippen LogP) is 2.74. The molecule has 0 unspecified atom stereocenters. The maximum absolute atomic E-state index is 12.2. The second-order valence-electron chi connectivity index (χ2n) is 6.41. The van der Waals surface area contributed by atoms with E-state index in [1.807, 2.05) is 48.7 Å². The van der Waals surface area contributed by atoms with Crippen LogP contribution < -0.4 is 10.6 Å². The molecule has 4 N–H and O–H groups in total. The van der Waals surface area contributed by atoms with Gasteiger partial charge in [-0.15, -0.1) is 0 Å². The lowest BCUT2D eigenvalue weighted by molar-refractivity contribution is -0.120. The summed E-state index contributed by atoms with van der Waals surface area (Å²) in [5.74, 6) is -0.503. The number of fused-ring (bicyclic) bond motifs is 2. The second kappa shape index (κ2) is 7.37. The number of aromatic amines is 2. The van der Waals surface area contributed by atoms with Crippen molar-refractivity contribution >= 4 is 33.6 Å². The highest BCUT2D eigenvalue weighted by atomic mass is 16.2. The zero-order chi connectivity index (χ0) is 18.6. The molecule has 6 nitrogen and oxygen atoms in total. The summed E-state index contributed by atoms with van der Waals surface area (Å²) in [7, 11) is 0. The normalized spacial score (nSPS) is 11.0. The molecule has 2 amide bonds. The average molecular weight is 360 g/mol. The first-order chi connectivity index (χ1) is 13.2. The first-order valence-electron chi connectivity index (χ1n) is 8.88. The van der Waals surface area contributed by atoms with Gasteiger partial charge in [0.25, 0.3) is 5.91 Å². The molecule has 4 rings (SSSR count). The number of amides is 2. The lowest BCUT2D eigenvalue weighted by Gasteiger charge is -2.06. The van der Waals surface area contributed by atoms with Gasteiger partial charge in [0.05, 0.1) is 6.54 Å². The van der Waals surface area contributed by atoms with Gasteiger partial charge in [-0.05, 0) is 30.2 Å². The Morgan fingerprint density at radius 3 is 2.56 bits per heavy atom. The Bertz CT molecular complexity index is 1080. The molecule has 0 saturated heterocycles. The Balaban J connectivity index is 1.26. The van der Waals surface area contributed by atoms with E-state index < -0.39 is 0 Å². The van der Waals surface area contributed by atoms with Gasteiger partial charge in [-0.25, -0.2) is 0 Å². The molecular formula is C21H20N4O2. The molecule has 2 aromatic heterocycles. The van der Waals surface area contributed by atoms with E-state index in [2.05, 4.69) is 26.7 Å². The lowest BCUT2D eigenvalue weighted by atomic mass is 10.1. The number of para-hydroxylation sites is 2. The smallest absolute Gasteiger partial charge is 0.268 e. The minimum atomic E-state index is -0.294. The summed E-state index contributed by atoms with van der Waals surface area (Å²) >= 11 is 0. The fraction of sp³-hybridized carbons (Fsp3) is 0.143. The van der Waals surface area contributed by atoms with Gasteiger partial charge in [-0.1, -0.05) is 36.4 Å². The summed E-state index contributed by atoms with van der Waals surface area (Å²) in [5, 5.41) is 7.62. The molecule has 6 heteroatoms. The van der Waals surface area contributed by atoms with Crippen LogP contribution >= 0.6 is 0 Å². The molecule has 0 aliphatic rings. The molecular weight excluding hydrogens is 340 g/mol. The summed E-state index contributed by atoms with van der Waals surface area (Å²) in [6.45, 7) is 0.463. The Kier molecular flexibility index (Phi) is 4.61. The van der Waals surface area contributed by atoms with Crippen molar-refractivity contribution in [2.24, 2.45) is 0 Å². The topological polar surface area (TPSA) is 89.8 Å². The van der Waals surface area contributed by atoms with Crippen LogP contribution in [0.5, 0.6) is 0 Å². The Morgan fingerprint density at radius 2 is 1.70 bits per heavy atom. The maximum Gasteiger partial charge on any atom is 0.268 e. The largest absolute Gasteiger partial charge is 0.361 e. The molecule has 136 valence electrons. The number of H-pyrrole nitrogens is 2. The SMILES string of the molecule is O=C(CNC(=O)c1cc2ccccc2[nH]1)NCCc1c[nH]c2ccccc12. The number of aromatic nitrogens is 2. The van der Waals surface area contributed by atoms with Crippen LogP contribution in [0.4, 0.5) is 0 Å².